The molecule has 9 heteroatoms. The molecule has 0 aliphatic carbocycles. The van der Waals surface area contributed by atoms with Crippen LogP contribution < -0.4 is 19.2 Å². The van der Waals surface area contributed by atoms with Gasteiger partial charge in [-0.3, -0.25) is 9.10 Å². The zero-order valence-corrected chi connectivity index (χ0v) is 23.2. The molecule has 0 atom stereocenters. The van der Waals surface area contributed by atoms with Crippen LogP contribution in [0.2, 0.25) is 0 Å². The van der Waals surface area contributed by atoms with Crippen molar-refractivity contribution in [1.82, 2.24) is 5.43 Å². The first kappa shape index (κ1) is 28.4. The van der Waals surface area contributed by atoms with E-state index in [1.807, 2.05) is 61.5 Å². The largest absolute Gasteiger partial charge is 0.497 e. The Hall–Kier alpha value is -4.63. The van der Waals surface area contributed by atoms with Crippen LogP contribution in [0.4, 0.5) is 5.69 Å². The number of carbonyl (C=O) groups excluding carboxylic acids is 1. The fourth-order valence-electron chi connectivity index (χ4n) is 3.90. The molecule has 0 bridgehead atoms. The van der Waals surface area contributed by atoms with E-state index < -0.39 is 15.9 Å². The predicted octanol–water partition coefficient (Wildman–Crippen LogP) is 5.64. The van der Waals surface area contributed by atoms with E-state index in [0.29, 0.717) is 12.4 Å². The van der Waals surface area contributed by atoms with Gasteiger partial charge in [-0.05, 0) is 78.2 Å². The molecule has 0 heterocycles. The number of carbonyl (C=O) groups is 1. The molecular weight excluding hydrogens is 526 g/mol. The van der Waals surface area contributed by atoms with Gasteiger partial charge >= 0.3 is 0 Å². The van der Waals surface area contributed by atoms with E-state index in [4.69, 9.17) is 9.47 Å². The second-order valence-corrected chi connectivity index (χ2v) is 10.7. The van der Waals surface area contributed by atoms with Crippen molar-refractivity contribution in [1.29, 1.82) is 0 Å². The molecule has 0 spiro atoms. The van der Waals surface area contributed by atoms with Gasteiger partial charge in [0.05, 0.1) is 42.6 Å². The van der Waals surface area contributed by atoms with Crippen molar-refractivity contribution in [3.8, 4) is 11.5 Å². The van der Waals surface area contributed by atoms with Crippen molar-refractivity contribution < 1.29 is 22.7 Å². The van der Waals surface area contributed by atoms with Gasteiger partial charge in [0.15, 0.2) is 0 Å². The SMILES string of the molecule is CCCOc1ccc(/C=N\NC(=O)c2ccccc2N(Cc2ccccc2)S(=O)(=O)c2ccc(OC)cc2)cc1. The predicted molar refractivity (Wildman–Crippen MR) is 157 cm³/mol. The molecule has 1 amide bonds. The van der Waals surface area contributed by atoms with Gasteiger partial charge in [-0.15, -0.1) is 0 Å². The normalized spacial score (nSPS) is 11.2. The molecule has 0 aromatic heterocycles. The molecule has 0 unspecified atom stereocenters. The van der Waals surface area contributed by atoms with Gasteiger partial charge < -0.3 is 9.47 Å². The van der Waals surface area contributed by atoms with E-state index in [1.165, 1.54) is 29.8 Å². The molecule has 8 nitrogen and oxygen atoms in total. The topological polar surface area (TPSA) is 97.3 Å². The number of para-hydroxylation sites is 1. The van der Waals surface area contributed by atoms with Gasteiger partial charge in [0.25, 0.3) is 15.9 Å². The summed E-state index contributed by atoms with van der Waals surface area (Å²) in [4.78, 5) is 13.3. The quantitative estimate of drug-likeness (QED) is 0.180. The molecule has 0 saturated carbocycles. The number of ether oxygens (including phenoxy) is 2. The van der Waals surface area contributed by atoms with Crippen molar-refractivity contribution in [3.63, 3.8) is 0 Å². The van der Waals surface area contributed by atoms with Crippen molar-refractivity contribution in [2.24, 2.45) is 5.10 Å². The Balaban J connectivity index is 1.62. The summed E-state index contributed by atoms with van der Waals surface area (Å²) in [6.07, 6.45) is 2.43. The van der Waals surface area contributed by atoms with E-state index in [1.54, 1.807) is 36.4 Å². The molecule has 206 valence electrons. The molecule has 40 heavy (non-hydrogen) atoms. The lowest BCUT2D eigenvalue weighted by molar-refractivity contribution is 0.0955. The zero-order valence-electron chi connectivity index (χ0n) is 22.4. The van der Waals surface area contributed by atoms with Gasteiger partial charge in [0, 0.05) is 0 Å². The Morgan fingerprint density at radius 2 is 1.52 bits per heavy atom. The van der Waals surface area contributed by atoms with E-state index >= 15 is 0 Å². The third-order valence-corrected chi connectivity index (χ3v) is 7.74. The first-order valence-corrected chi connectivity index (χ1v) is 14.2. The van der Waals surface area contributed by atoms with Gasteiger partial charge in [0.1, 0.15) is 11.5 Å². The number of methoxy groups -OCH3 is 1. The lowest BCUT2D eigenvalue weighted by atomic mass is 10.1. The molecular formula is C31H31N3O5S. The van der Waals surface area contributed by atoms with Gasteiger partial charge in [-0.25, -0.2) is 13.8 Å². The maximum Gasteiger partial charge on any atom is 0.273 e. The number of nitrogens with zero attached hydrogens (tertiary/aromatic N) is 2. The Morgan fingerprint density at radius 1 is 0.875 bits per heavy atom. The Kier molecular flexibility index (Phi) is 9.53. The summed E-state index contributed by atoms with van der Waals surface area (Å²) in [5.41, 5.74) is 4.45. The monoisotopic (exact) mass is 557 g/mol. The Labute approximate surface area is 234 Å². The highest BCUT2D eigenvalue weighted by Gasteiger charge is 2.28. The van der Waals surface area contributed by atoms with E-state index in [0.717, 1.165) is 23.3 Å². The summed E-state index contributed by atoms with van der Waals surface area (Å²) in [6, 6.07) is 29.2. The van der Waals surface area contributed by atoms with Gasteiger partial charge in [-0.1, -0.05) is 49.4 Å². The van der Waals surface area contributed by atoms with E-state index in [2.05, 4.69) is 10.5 Å². The molecule has 0 radical (unpaired) electrons. The summed E-state index contributed by atoms with van der Waals surface area (Å²) in [5.74, 6) is 0.751. The second kappa shape index (κ2) is 13.4. The summed E-state index contributed by atoms with van der Waals surface area (Å²) in [6.45, 7) is 2.70. The average Bonchev–Trinajstić information content (AvgIpc) is 3.00. The highest BCUT2D eigenvalue weighted by molar-refractivity contribution is 7.92. The molecule has 0 fully saturated rings. The summed E-state index contributed by atoms with van der Waals surface area (Å²) in [5, 5.41) is 4.09. The number of nitrogens with one attached hydrogen (secondary N) is 1. The van der Waals surface area contributed by atoms with Crippen LogP contribution in [0.15, 0.2) is 113 Å². The van der Waals surface area contributed by atoms with E-state index in [9.17, 15) is 13.2 Å². The summed E-state index contributed by atoms with van der Waals surface area (Å²) < 4.78 is 39.8. The van der Waals surface area contributed by atoms with Crippen LogP contribution in [-0.2, 0) is 16.6 Å². The molecule has 4 aromatic rings. The number of sulfonamides is 1. The van der Waals surface area contributed by atoms with Crippen LogP contribution >= 0.6 is 0 Å². The van der Waals surface area contributed by atoms with Crippen molar-refractivity contribution in [2.45, 2.75) is 24.8 Å². The Bertz CT molecular complexity index is 1540. The maximum absolute atomic E-state index is 13.9. The fraction of sp³-hybridized carbons (Fsp3) is 0.161. The minimum Gasteiger partial charge on any atom is -0.497 e. The zero-order chi connectivity index (χ0) is 28.4. The minimum absolute atomic E-state index is 0.0230. The summed E-state index contributed by atoms with van der Waals surface area (Å²) in [7, 11) is -2.55. The molecule has 4 aromatic carbocycles. The highest BCUT2D eigenvalue weighted by atomic mass is 32.2. The highest BCUT2D eigenvalue weighted by Crippen LogP contribution is 2.30. The third kappa shape index (κ3) is 7.06. The number of amides is 1. The lowest BCUT2D eigenvalue weighted by Gasteiger charge is -2.26. The molecule has 4 rings (SSSR count). The van der Waals surface area contributed by atoms with Crippen LogP contribution in [0.1, 0.15) is 34.8 Å². The molecule has 0 saturated heterocycles. The molecule has 0 aliphatic heterocycles. The van der Waals surface area contributed by atoms with Crippen LogP contribution in [-0.4, -0.2) is 34.3 Å². The van der Waals surface area contributed by atoms with Crippen LogP contribution in [0, 0.1) is 0 Å². The molecule has 0 aliphatic rings. The van der Waals surface area contributed by atoms with Gasteiger partial charge in [-0.2, -0.15) is 5.10 Å². The first-order valence-electron chi connectivity index (χ1n) is 12.8. The second-order valence-electron chi connectivity index (χ2n) is 8.81. The van der Waals surface area contributed by atoms with E-state index in [-0.39, 0.29) is 22.7 Å². The van der Waals surface area contributed by atoms with Crippen molar-refractivity contribution in [3.05, 3.63) is 120 Å². The van der Waals surface area contributed by atoms with Crippen LogP contribution in [0.25, 0.3) is 0 Å². The Morgan fingerprint density at radius 3 is 2.20 bits per heavy atom. The van der Waals surface area contributed by atoms with Crippen molar-refractivity contribution in [2.75, 3.05) is 18.0 Å². The number of rotatable bonds is 12. The number of benzene rings is 4. The molecule has 1 N–H and O–H groups in total. The first-order chi connectivity index (χ1) is 19.4. The van der Waals surface area contributed by atoms with Crippen LogP contribution in [0.3, 0.4) is 0 Å². The van der Waals surface area contributed by atoms with Crippen LogP contribution in [0.5, 0.6) is 11.5 Å². The number of hydrogen-bond acceptors (Lipinski definition) is 6. The minimum atomic E-state index is -4.06. The van der Waals surface area contributed by atoms with Crippen molar-refractivity contribution >= 4 is 27.8 Å². The average molecular weight is 558 g/mol. The maximum atomic E-state index is 13.9. The number of anilines is 1. The van der Waals surface area contributed by atoms with Gasteiger partial charge in [0.2, 0.25) is 0 Å². The smallest absolute Gasteiger partial charge is 0.273 e. The third-order valence-electron chi connectivity index (χ3n) is 5.97. The standard InChI is InChI=1S/C31H31N3O5S/c1-3-21-39-27-15-13-24(14-16-27)22-32-33-31(35)29-11-7-8-12-30(29)34(23-25-9-5-4-6-10-25)40(36,37)28-19-17-26(38-2)18-20-28/h4-20,22H,3,21,23H2,1-2H3,(H,33,35)/b32-22-. The summed E-state index contributed by atoms with van der Waals surface area (Å²) >= 11 is 0. The number of hydrazone groups is 1. The number of hydrogen-bond donors (Lipinski definition) is 1. The lowest BCUT2D eigenvalue weighted by Crippen LogP contribution is -2.33. The fourth-order valence-corrected chi connectivity index (χ4v) is 5.37.